The highest BCUT2D eigenvalue weighted by molar-refractivity contribution is 5.27. The van der Waals surface area contributed by atoms with Crippen LogP contribution in [0.1, 0.15) is 35.3 Å². The molecule has 0 aliphatic heterocycles. The van der Waals surface area contributed by atoms with Gasteiger partial charge in [-0.15, -0.1) is 0 Å². The smallest absolute Gasteiger partial charge is 0.0670 e. The minimum Gasteiger partial charge on any atom is -0.275 e. The second-order valence-electron chi connectivity index (χ2n) is 4.97. The van der Waals surface area contributed by atoms with E-state index < -0.39 is 0 Å². The highest BCUT2D eigenvalue weighted by Gasteiger charge is 2.17. The van der Waals surface area contributed by atoms with Crippen LogP contribution in [-0.2, 0) is 19.9 Å². The van der Waals surface area contributed by atoms with Gasteiger partial charge in [-0.3, -0.25) is 16.0 Å². The molecular weight excluding hydrogens is 236 g/mol. The van der Waals surface area contributed by atoms with Crippen molar-refractivity contribution in [1.29, 1.82) is 0 Å². The Balaban J connectivity index is 2.24. The number of hydrazine groups is 1. The molecule has 19 heavy (non-hydrogen) atoms. The standard InChI is InChI=1S/C15H22N4/c1-4-14-13(10-19(3)18-14)15(17-16)9-12-7-5-6-11(2)8-12/h5-8,10,15,17H,4,9,16H2,1-3H3. The highest BCUT2D eigenvalue weighted by Crippen LogP contribution is 2.21. The van der Waals surface area contributed by atoms with Crippen LogP contribution in [0.3, 0.4) is 0 Å². The third-order valence-corrected chi connectivity index (χ3v) is 3.37. The molecule has 1 aromatic heterocycles. The summed E-state index contributed by atoms with van der Waals surface area (Å²) in [6, 6.07) is 8.63. The average molecular weight is 258 g/mol. The lowest BCUT2D eigenvalue weighted by Gasteiger charge is -2.16. The molecule has 1 heterocycles. The summed E-state index contributed by atoms with van der Waals surface area (Å²) in [5, 5.41) is 4.48. The van der Waals surface area contributed by atoms with Crippen LogP contribution in [0, 0.1) is 6.92 Å². The van der Waals surface area contributed by atoms with Crippen molar-refractivity contribution in [2.45, 2.75) is 32.7 Å². The van der Waals surface area contributed by atoms with Gasteiger partial charge in [-0.05, 0) is 25.3 Å². The van der Waals surface area contributed by atoms with E-state index >= 15 is 0 Å². The third kappa shape index (κ3) is 3.22. The summed E-state index contributed by atoms with van der Waals surface area (Å²) in [6.45, 7) is 4.22. The van der Waals surface area contributed by atoms with Crippen LogP contribution in [0.5, 0.6) is 0 Å². The molecule has 0 bridgehead atoms. The van der Waals surface area contributed by atoms with E-state index in [4.69, 9.17) is 5.84 Å². The molecule has 4 heteroatoms. The summed E-state index contributed by atoms with van der Waals surface area (Å²) in [7, 11) is 1.95. The molecule has 0 fully saturated rings. The van der Waals surface area contributed by atoms with Gasteiger partial charge < -0.3 is 0 Å². The van der Waals surface area contributed by atoms with Crippen LogP contribution in [0.25, 0.3) is 0 Å². The molecule has 0 radical (unpaired) electrons. The Morgan fingerprint density at radius 2 is 2.21 bits per heavy atom. The first kappa shape index (κ1) is 13.8. The molecule has 102 valence electrons. The van der Waals surface area contributed by atoms with Crippen LogP contribution >= 0.6 is 0 Å². The van der Waals surface area contributed by atoms with Crippen LogP contribution < -0.4 is 11.3 Å². The SMILES string of the molecule is CCc1nn(C)cc1C(Cc1cccc(C)c1)NN. The predicted molar refractivity (Wildman–Crippen MR) is 77.5 cm³/mol. The van der Waals surface area contributed by atoms with E-state index in [0.29, 0.717) is 0 Å². The maximum Gasteiger partial charge on any atom is 0.0670 e. The summed E-state index contributed by atoms with van der Waals surface area (Å²) in [4.78, 5) is 0. The molecule has 1 unspecified atom stereocenters. The van der Waals surface area contributed by atoms with Gasteiger partial charge in [0, 0.05) is 18.8 Å². The second-order valence-corrected chi connectivity index (χ2v) is 4.97. The fourth-order valence-electron chi connectivity index (χ4n) is 2.45. The van der Waals surface area contributed by atoms with E-state index in [-0.39, 0.29) is 6.04 Å². The van der Waals surface area contributed by atoms with Gasteiger partial charge in [-0.25, -0.2) is 0 Å². The third-order valence-electron chi connectivity index (χ3n) is 3.37. The van der Waals surface area contributed by atoms with Crippen molar-refractivity contribution in [3.8, 4) is 0 Å². The van der Waals surface area contributed by atoms with Crippen molar-refractivity contribution in [2.75, 3.05) is 0 Å². The first-order valence-electron chi connectivity index (χ1n) is 6.68. The topological polar surface area (TPSA) is 55.9 Å². The van der Waals surface area contributed by atoms with Crippen LogP contribution in [0.4, 0.5) is 0 Å². The molecular formula is C15H22N4. The minimum absolute atomic E-state index is 0.102. The van der Waals surface area contributed by atoms with E-state index in [1.165, 1.54) is 16.7 Å². The van der Waals surface area contributed by atoms with Gasteiger partial charge in [-0.2, -0.15) is 5.10 Å². The van der Waals surface area contributed by atoms with Crippen molar-refractivity contribution in [3.05, 3.63) is 52.8 Å². The van der Waals surface area contributed by atoms with Crippen LogP contribution in [0.2, 0.25) is 0 Å². The Hall–Kier alpha value is -1.65. The average Bonchev–Trinajstić information content (AvgIpc) is 2.77. The quantitative estimate of drug-likeness (QED) is 0.637. The summed E-state index contributed by atoms with van der Waals surface area (Å²) in [5.74, 6) is 5.74. The van der Waals surface area contributed by atoms with Crippen molar-refractivity contribution < 1.29 is 0 Å². The first-order valence-corrected chi connectivity index (χ1v) is 6.68. The zero-order valence-corrected chi connectivity index (χ0v) is 11.9. The molecule has 1 aromatic carbocycles. The number of hydrogen-bond donors (Lipinski definition) is 2. The maximum absolute atomic E-state index is 5.74. The van der Waals surface area contributed by atoms with Gasteiger partial charge in [0.05, 0.1) is 11.7 Å². The van der Waals surface area contributed by atoms with Gasteiger partial charge in [0.2, 0.25) is 0 Å². The molecule has 0 saturated carbocycles. The number of nitrogens with two attached hydrogens (primary N) is 1. The largest absolute Gasteiger partial charge is 0.275 e. The minimum atomic E-state index is 0.102. The lowest BCUT2D eigenvalue weighted by molar-refractivity contribution is 0.547. The zero-order valence-electron chi connectivity index (χ0n) is 11.9. The Morgan fingerprint density at radius 3 is 2.84 bits per heavy atom. The normalized spacial score (nSPS) is 12.6. The van der Waals surface area contributed by atoms with E-state index in [9.17, 15) is 0 Å². The van der Waals surface area contributed by atoms with Gasteiger partial charge in [0.1, 0.15) is 0 Å². The van der Waals surface area contributed by atoms with Crippen molar-refractivity contribution in [2.24, 2.45) is 12.9 Å². The molecule has 0 saturated heterocycles. The predicted octanol–water partition coefficient (Wildman–Crippen LogP) is 2.04. The lowest BCUT2D eigenvalue weighted by Crippen LogP contribution is -2.30. The maximum atomic E-state index is 5.74. The van der Waals surface area contributed by atoms with Gasteiger partial charge in [-0.1, -0.05) is 36.8 Å². The van der Waals surface area contributed by atoms with E-state index in [0.717, 1.165) is 18.5 Å². The molecule has 2 rings (SSSR count). The van der Waals surface area contributed by atoms with Crippen molar-refractivity contribution in [3.63, 3.8) is 0 Å². The molecule has 0 amide bonds. The summed E-state index contributed by atoms with van der Waals surface area (Å²) in [5.41, 5.74) is 7.78. The van der Waals surface area contributed by atoms with Gasteiger partial charge in [0.25, 0.3) is 0 Å². The summed E-state index contributed by atoms with van der Waals surface area (Å²) in [6.07, 6.45) is 3.85. The Kier molecular flexibility index (Phi) is 4.35. The molecule has 0 spiro atoms. The monoisotopic (exact) mass is 258 g/mol. The highest BCUT2D eigenvalue weighted by atomic mass is 15.3. The summed E-state index contributed by atoms with van der Waals surface area (Å²) < 4.78 is 1.86. The number of nitrogens with one attached hydrogen (secondary N) is 1. The van der Waals surface area contributed by atoms with Crippen LogP contribution in [0.15, 0.2) is 30.5 Å². The molecule has 1 atom stereocenters. The van der Waals surface area contributed by atoms with Gasteiger partial charge >= 0.3 is 0 Å². The van der Waals surface area contributed by atoms with Crippen LogP contribution in [-0.4, -0.2) is 9.78 Å². The first-order chi connectivity index (χ1) is 9.13. The van der Waals surface area contributed by atoms with Crippen molar-refractivity contribution in [1.82, 2.24) is 15.2 Å². The number of hydrogen-bond acceptors (Lipinski definition) is 3. The lowest BCUT2D eigenvalue weighted by atomic mass is 9.98. The molecule has 3 N–H and O–H groups in total. The van der Waals surface area contributed by atoms with E-state index in [2.05, 4.69) is 54.8 Å². The van der Waals surface area contributed by atoms with Crippen molar-refractivity contribution >= 4 is 0 Å². The fourth-order valence-corrected chi connectivity index (χ4v) is 2.45. The molecule has 0 aliphatic rings. The number of benzene rings is 1. The van der Waals surface area contributed by atoms with Gasteiger partial charge in [0.15, 0.2) is 0 Å². The zero-order chi connectivity index (χ0) is 13.8. The Labute approximate surface area is 114 Å². The molecule has 2 aromatic rings. The van der Waals surface area contributed by atoms with E-state index in [1.807, 2.05) is 11.7 Å². The fraction of sp³-hybridized carbons (Fsp3) is 0.400. The summed E-state index contributed by atoms with van der Waals surface area (Å²) >= 11 is 0. The number of rotatable bonds is 5. The molecule has 0 aliphatic carbocycles. The second kappa shape index (κ2) is 5.99. The molecule has 4 nitrogen and oxygen atoms in total. The Morgan fingerprint density at radius 1 is 1.42 bits per heavy atom. The number of aromatic nitrogens is 2. The Bertz CT molecular complexity index is 545. The van der Waals surface area contributed by atoms with E-state index in [1.54, 1.807) is 0 Å². The number of nitrogens with zero attached hydrogens (tertiary/aromatic N) is 2. The number of aryl methyl sites for hydroxylation is 3.